The number of fused-ring (bicyclic) bond motifs is 1. The highest BCUT2D eigenvalue weighted by Gasteiger charge is 2.16. The summed E-state index contributed by atoms with van der Waals surface area (Å²) in [5.41, 5.74) is 1.29. The highest BCUT2D eigenvalue weighted by atomic mass is 35.5. The van der Waals surface area contributed by atoms with Crippen molar-refractivity contribution in [1.29, 1.82) is 0 Å². The van der Waals surface area contributed by atoms with E-state index in [4.69, 9.17) is 37.4 Å². The lowest BCUT2D eigenvalue weighted by atomic mass is 10.1. The van der Waals surface area contributed by atoms with Crippen LogP contribution >= 0.6 is 23.2 Å². The number of carbonyl (C=O) groups is 1. The van der Waals surface area contributed by atoms with Gasteiger partial charge >= 0.3 is 0 Å². The number of rotatable bonds is 9. The van der Waals surface area contributed by atoms with Gasteiger partial charge in [0, 0.05) is 12.1 Å². The maximum Gasteiger partial charge on any atom is 0.251 e. The van der Waals surface area contributed by atoms with Gasteiger partial charge in [0.2, 0.25) is 6.79 Å². The van der Waals surface area contributed by atoms with Gasteiger partial charge in [0.05, 0.1) is 16.7 Å². The van der Waals surface area contributed by atoms with E-state index in [2.05, 4.69) is 12.2 Å². The first-order valence-electron chi connectivity index (χ1n) is 9.37. The van der Waals surface area contributed by atoms with Crippen molar-refractivity contribution in [3.63, 3.8) is 0 Å². The average molecular weight is 424 g/mol. The van der Waals surface area contributed by atoms with Gasteiger partial charge in [-0.05, 0) is 36.2 Å². The molecule has 1 amide bonds. The molecule has 0 saturated carbocycles. The van der Waals surface area contributed by atoms with Crippen LogP contribution in [0.15, 0.2) is 30.3 Å². The van der Waals surface area contributed by atoms with Crippen molar-refractivity contribution in [1.82, 2.24) is 5.32 Å². The Bertz CT molecular complexity index is 818. The average Bonchev–Trinajstić information content (AvgIpc) is 3.15. The molecule has 0 radical (unpaired) electrons. The van der Waals surface area contributed by atoms with Crippen LogP contribution in [-0.4, -0.2) is 19.3 Å². The Labute approximate surface area is 174 Å². The van der Waals surface area contributed by atoms with E-state index < -0.39 is 0 Å². The summed E-state index contributed by atoms with van der Waals surface area (Å²) >= 11 is 12.6. The number of amides is 1. The Kier molecular flexibility index (Phi) is 7.29. The Balaban J connectivity index is 1.57. The molecule has 0 aromatic heterocycles. The Morgan fingerprint density at radius 3 is 2.57 bits per heavy atom. The van der Waals surface area contributed by atoms with Crippen molar-refractivity contribution in [3.05, 3.63) is 51.5 Å². The van der Waals surface area contributed by atoms with Crippen LogP contribution in [-0.2, 0) is 6.54 Å². The quantitative estimate of drug-likeness (QED) is 0.532. The number of unbranched alkanes of at least 4 members (excludes halogenated alkanes) is 3. The smallest absolute Gasteiger partial charge is 0.251 e. The topological polar surface area (TPSA) is 56.8 Å². The van der Waals surface area contributed by atoms with E-state index in [0.717, 1.165) is 24.8 Å². The lowest BCUT2D eigenvalue weighted by Gasteiger charge is -2.12. The van der Waals surface area contributed by atoms with Crippen LogP contribution < -0.4 is 19.5 Å². The molecule has 0 spiro atoms. The fourth-order valence-electron chi connectivity index (χ4n) is 2.87. The van der Waals surface area contributed by atoms with E-state index in [9.17, 15) is 4.79 Å². The third-order valence-corrected chi connectivity index (χ3v) is 4.96. The highest BCUT2D eigenvalue weighted by Crippen LogP contribution is 2.35. The molecule has 1 N–H and O–H groups in total. The number of halogens is 2. The van der Waals surface area contributed by atoms with Gasteiger partial charge in [-0.2, -0.15) is 0 Å². The van der Waals surface area contributed by atoms with Gasteiger partial charge in [-0.1, -0.05) is 55.5 Å². The Morgan fingerprint density at radius 2 is 1.82 bits per heavy atom. The summed E-state index contributed by atoms with van der Waals surface area (Å²) < 4.78 is 16.3. The van der Waals surface area contributed by atoms with Crippen molar-refractivity contribution in [2.24, 2.45) is 0 Å². The van der Waals surface area contributed by atoms with Crippen LogP contribution in [0.1, 0.15) is 48.5 Å². The van der Waals surface area contributed by atoms with E-state index in [1.807, 2.05) is 18.2 Å². The minimum Gasteiger partial charge on any atom is -0.490 e. The third-order valence-electron chi connectivity index (χ3n) is 4.39. The first-order valence-corrected chi connectivity index (χ1v) is 10.1. The summed E-state index contributed by atoms with van der Waals surface area (Å²) in [5, 5.41) is 3.51. The van der Waals surface area contributed by atoms with Gasteiger partial charge in [0.25, 0.3) is 5.91 Å². The Hall–Kier alpha value is -2.11. The molecule has 0 aliphatic carbocycles. The second-order valence-corrected chi connectivity index (χ2v) is 7.36. The van der Waals surface area contributed by atoms with Gasteiger partial charge in [-0.15, -0.1) is 0 Å². The molecule has 0 bridgehead atoms. The predicted molar refractivity (Wildman–Crippen MR) is 110 cm³/mol. The molecule has 5 nitrogen and oxygen atoms in total. The van der Waals surface area contributed by atoms with E-state index in [-0.39, 0.29) is 12.7 Å². The van der Waals surface area contributed by atoms with Crippen LogP contribution in [0.2, 0.25) is 10.0 Å². The maximum atomic E-state index is 12.5. The van der Waals surface area contributed by atoms with Crippen LogP contribution in [0, 0.1) is 0 Å². The summed E-state index contributed by atoms with van der Waals surface area (Å²) in [7, 11) is 0. The number of hydrogen-bond donors (Lipinski definition) is 1. The van der Waals surface area contributed by atoms with E-state index in [1.54, 1.807) is 12.1 Å². The first-order chi connectivity index (χ1) is 13.6. The number of hydrogen-bond acceptors (Lipinski definition) is 4. The Morgan fingerprint density at radius 1 is 1.07 bits per heavy atom. The molecule has 0 unspecified atom stereocenters. The van der Waals surface area contributed by atoms with E-state index in [0.29, 0.717) is 46.0 Å². The molecule has 28 heavy (non-hydrogen) atoms. The number of nitrogens with one attached hydrogen (secondary N) is 1. The van der Waals surface area contributed by atoms with Gasteiger partial charge in [0.1, 0.15) is 0 Å². The van der Waals surface area contributed by atoms with Gasteiger partial charge in [-0.25, -0.2) is 0 Å². The molecule has 1 heterocycles. The van der Waals surface area contributed by atoms with Crippen molar-refractivity contribution >= 4 is 29.1 Å². The molecule has 2 aromatic rings. The predicted octanol–water partition coefficient (Wildman–Crippen LogP) is 5.61. The highest BCUT2D eigenvalue weighted by molar-refractivity contribution is 6.37. The van der Waals surface area contributed by atoms with Gasteiger partial charge in [-0.3, -0.25) is 4.79 Å². The van der Waals surface area contributed by atoms with Crippen molar-refractivity contribution < 1.29 is 19.0 Å². The molecule has 1 aliphatic rings. The summed E-state index contributed by atoms with van der Waals surface area (Å²) in [6, 6.07) is 8.69. The molecule has 1 aliphatic heterocycles. The van der Waals surface area contributed by atoms with Crippen molar-refractivity contribution in [2.45, 2.75) is 39.2 Å². The molecule has 0 atom stereocenters. The van der Waals surface area contributed by atoms with E-state index in [1.165, 1.54) is 6.42 Å². The second-order valence-electron chi connectivity index (χ2n) is 6.55. The SMILES string of the molecule is CCCCCCOc1c(Cl)cc(C(=O)NCc2ccc3c(c2)OCO3)cc1Cl. The minimum atomic E-state index is -0.268. The maximum absolute atomic E-state index is 12.5. The lowest BCUT2D eigenvalue weighted by molar-refractivity contribution is 0.0950. The van der Waals surface area contributed by atoms with Crippen molar-refractivity contribution in [2.75, 3.05) is 13.4 Å². The third kappa shape index (κ3) is 5.24. The summed E-state index contributed by atoms with van der Waals surface area (Å²) in [6.45, 7) is 3.27. The summed E-state index contributed by atoms with van der Waals surface area (Å²) in [4.78, 5) is 12.5. The molecule has 3 rings (SSSR count). The van der Waals surface area contributed by atoms with Crippen LogP contribution in [0.25, 0.3) is 0 Å². The lowest BCUT2D eigenvalue weighted by Crippen LogP contribution is -2.22. The molecule has 2 aromatic carbocycles. The standard InChI is InChI=1S/C21H23Cl2NO4/c1-2-3-4-5-8-26-20-16(22)10-15(11-17(20)23)21(25)24-12-14-6-7-18-19(9-14)28-13-27-18/h6-7,9-11H,2-5,8,12-13H2,1H3,(H,24,25). The molecule has 0 saturated heterocycles. The molecule has 150 valence electrons. The first kappa shape index (κ1) is 20.6. The monoisotopic (exact) mass is 423 g/mol. The zero-order chi connectivity index (χ0) is 19.9. The zero-order valence-corrected chi connectivity index (χ0v) is 17.2. The molecular weight excluding hydrogens is 401 g/mol. The number of ether oxygens (including phenoxy) is 3. The normalized spacial score (nSPS) is 12.1. The fourth-order valence-corrected chi connectivity index (χ4v) is 3.46. The molecular formula is C21H23Cl2NO4. The summed E-state index contributed by atoms with van der Waals surface area (Å²) in [5.74, 6) is 1.54. The molecule has 7 heteroatoms. The number of carbonyl (C=O) groups excluding carboxylic acids is 1. The van der Waals surface area contributed by atoms with E-state index >= 15 is 0 Å². The minimum absolute atomic E-state index is 0.217. The number of benzene rings is 2. The largest absolute Gasteiger partial charge is 0.490 e. The fraction of sp³-hybridized carbons (Fsp3) is 0.381. The van der Waals surface area contributed by atoms with Gasteiger partial charge < -0.3 is 19.5 Å². The van der Waals surface area contributed by atoms with Crippen LogP contribution in [0.5, 0.6) is 17.2 Å². The molecule has 0 fully saturated rings. The van der Waals surface area contributed by atoms with Gasteiger partial charge in [0.15, 0.2) is 17.2 Å². The van der Waals surface area contributed by atoms with Crippen LogP contribution in [0.3, 0.4) is 0 Å². The zero-order valence-electron chi connectivity index (χ0n) is 15.7. The second kappa shape index (κ2) is 9.89. The van der Waals surface area contributed by atoms with Crippen molar-refractivity contribution in [3.8, 4) is 17.2 Å². The summed E-state index contributed by atoms with van der Waals surface area (Å²) in [6.07, 6.45) is 4.38. The van der Waals surface area contributed by atoms with Crippen LogP contribution in [0.4, 0.5) is 0 Å².